The minimum atomic E-state index is -0.911. The Bertz CT molecular complexity index is 905. The molecule has 9 nitrogen and oxygen atoms in total. The smallest absolute Gasteiger partial charge is 0.317 e. The predicted octanol–water partition coefficient (Wildman–Crippen LogP) is 2.49. The summed E-state index contributed by atoms with van der Waals surface area (Å²) in [6.07, 6.45) is 2.17. The second-order valence-electron chi connectivity index (χ2n) is 5.75. The Balaban J connectivity index is 1.49. The highest BCUT2D eigenvalue weighted by atomic mass is 32.2. The number of ether oxygens (including phenoxy) is 1. The second-order valence-corrected chi connectivity index (χ2v) is 6.69. The van der Waals surface area contributed by atoms with Gasteiger partial charge in [-0.15, -0.1) is 10.2 Å². The van der Waals surface area contributed by atoms with Gasteiger partial charge in [-0.05, 0) is 38.1 Å². The van der Waals surface area contributed by atoms with E-state index in [0.29, 0.717) is 29.0 Å². The summed E-state index contributed by atoms with van der Waals surface area (Å²) in [7, 11) is 0. The highest BCUT2D eigenvalue weighted by molar-refractivity contribution is 7.99. The van der Waals surface area contributed by atoms with Crippen LogP contribution in [0.5, 0.6) is 0 Å². The summed E-state index contributed by atoms with van der Waals surface area (Å²) in [4.78, 5) is 24.1. The number of furan rings is 2. The Morgan fingerprint density at radius 2 is 2.04 bits per heavy atom. The molecule has 148 valence electrons. The van der Waals surface area contributed by atoms with Crippen LogP contribution in [-0.2, 0) is 27.4 Å². The van der Waals surface area contributed by atoms with E-state index in [4.69, 9.17) is 13.6 Å². The van der Waals surface area contributed by atoms with Gasteiger partial charge in [0.1, 0.15) is 5.76 Å². The predicted molar refractivity (Wildman–Crippen MR) is 100 cm³/mol. The molecule has 0 unspecified atom stereocenters. The maximum absolute atomic E-state index is 12.1. The molecule has 1 amide bonds. The van der Waals surface area contributed by atoms with Crippen LogP contribution in [0.2, 0.25) is 0 Å². The maximum Gasteiger partial charge on any atom is 0.317 e. The monoisotopic (exact) mass is 404 g/mol. The molecule has 0 saturated carbocycles. The number of esters is 1. The number of amides is 1. The van der Waals surface area contributed by atoms with Crippen molar-refractivity contribution in [3.05, 3.63) is 42.6 Å². The number of hydrogen-bond acceptors (Lipinski definition) is 8. The SMILES string of the molecule is CCn1c(SCC(=O)O[C@@H](C)C(=O)NCc2ccco2)nnc1-c1ccco1. The summed E-state index contributed by atoms with van der Waals surface area (Å²) < 4.78 is 17.5. The number of carbonyl (C=O) groups is 2. The molecule has 0 fully saturated rings. The lowest BCUT2D eigenvalue weighted by atomic mass is 10.3. The molecule has 3 rings (SSSR count). The molecule has 0 aliphatic heterocycles. The van der Waals surface area contributed by atoms with Crippen molar-refractivity contribution < 1.29 is 23.2 Å². The van der Waals surface area contributed by atoms with Crippen molar-refractivity contribution in [2.45, 2.75) is 38.2 Å². The van der Waals surface area contributed by atoms with Gasteiger partial charge in [0.25, 0.3) is 5.91 Å². The molecule has 0 spiro atoms. The average Bonchev–Trinajstić information content (AvgIpc) is 3.45. The van der Waals surface area contributed by atoms with Gasteiger partial charge in [-0.3, -0.25) is 14.2 Å². The third-order valence-electron chi connectivity index (χ3n) is 3.79. The van der Waals surface area contributed by atoms with Gasteiger partial charge in [0.15, 0.2) is 22.8 Å². The third-order valence-corrected chi connectivity index (χ3v) is 4.73. The van der Waals surface area contributed by atoms with Crippen LogP contribution >= 0.6 is 11.8 Å². The van der Waals surface area contributed by atoms with Gasteiger partial charge in [-0.2, -0.15) is 0 Å². The Morgan fingerprint density at radius 1 is 1.25 bits per heavy atom. The van der Waals surface area contributed by atoms with Crippen molar-refractivity contribution in [2.24, 2.45) is 0 Å². The molecule has 0 aliphatic rings. The fraction of sp³-hybridized carbons (Fsp3) is 0.333. The molecule has 3 aromatic heterocycles. The molecule has 0 saturated heterocycles. The fourth-order valence-electron chi connectivity index (χ4n) is 2.41. The van der Waals surface area contributed by atoms with Gasteiger partial charge < -0.3 is 18.9 Å². The lowest BCUT2D eigenvalue weighted by Crippen LogP contribution is -2.35. The molecule has 28 heavy (non-hydrogen) atoms. The van der Waals surface area contributed by atoms with Crippen LogP contribution in [-0.4, -0.2) is 38.5 Å². The Labute approximate surface area is 165 Å². The number of nitrogens with one attached hydrogen (secondary N) is 1. The van der Waals surface area contributed by atoms with Gasteiger partial charge in [-0.25, -0.2) is 0 Å². The molecule has 0 aromatic carbocycles. The normalized spacial score (nSPS) is 11.9. The minimum absolute atomic E-state index is 0.00604. The van der Waals surface area contributed by atoms with Crippen LogP contribution in [0.15, 0.2) is 50.8 Å². The summed E-state index contributed by atoms with van der Waals surface area (Å²) in [6, 6.07) is 7.04. The molecule has 1 atom stereocenters. The van der Waals surface area contributed by atoms with E-state index >= 15 is 0 Å². The van der Waals surface area contributed by atoms with Crippen molar-refractivity contribution in [1.82, 2.24) is 20.1 Å². The van der Waals surface area contributed by atoms with E-state index in [0.717, 1.165) is 0 Å². The highest BCUT2D eigenvalue weighted by Crippen LogP contribution is 2.24. The standard InChI is InChI=1S/C18H20N4O5S/c1-3-22-16(14-7-5-9-26-14)20-21-18(22)28-11-15(23)27-12(2)17(24)19-10-13-6-4-8-25-13/h4-9,12H,3,10-11H2,1-2H3,(H,19,24)/t12-/m0/s1. The van der Waals surface area contributed by atoms with Gasteiger partial charge >= 0.3 is 5.97 Å². The minimum Gasteiger partial charge on any atom is -0.467 e. The van der Waals surface area contributed by atoms with Crippen LogP contribution in [0.25, 0.3) is 11.6 Å². The van der Waals surface area contributed by atoms with E-state index in [1.54, 1.807) is 30.5 Å². The number of hydrogen-bond donors (Lipinski definition) is 1. The Kier molecular flexibility index (Phi) is 6.53. The van der Waals surface area contributed by atoms with Crippen LogP contribution in [0.3, 0.4) is 0 Å². The first-order chi connectivity index (χ1) is 13.6. The van der Waals surface area contributed by atoms with E-state index in [1.807, 2.05) is 11.5 Å². The van der Waals surface area contributed by atoms with E-state index in [2.05, 4.69) is 15.5 Å². The van der Waals surface area contributed by atoms with Crippen LogP contribution in [0.4, 0.5) is 0 Å². The first kappa shape index (κ1) is 19.7. The highest BCUT2D eigenvalue weighted by Gasteiger charge is 2.20. The molecule has 0 radical (unpaired) electrons. The maximum atomic E-state index is 12.1. The van der Waals surface area contributed by atoms with E-state index in [9.17, 15) is 9.59 Å². The zero-order chi connectivity index (χ0) is 19.9. The topological polar surface area (TPSA) is 112 Å². The van der Waals surface area contributed by atoms with Crippen molar-refractivity contribution in [3.63, 3.8) is 0 Å². The van der Waals surface area contributed by atoms with Crippen LogP contribution in [0, 0.1) is 0 Å². The average molecular weight is 404 g/mol. The molecule has 3 heterocycles. The molecule has 0 bridgehead atoms. The summed E-state index contributed by atoms with van der Waals surface area (Å²) in [5, 5.41) is 11.4. The molecule has 3 aromatic rings. The van der Waals surface area contributed by atoms with Crippen molar-refractivity contribution in [1.29, 1.82) is 0 Å². The van der Waals surface area contributed by atoms with Crippen LogP contribution < -0.4 is 5.32 Å². The number of thioether (sulfide) groups is 1. The van der Waals surface area contributed by atoms with Gasteiger partial charge in [0.2, 0.25) is 0 Å². The van der Waals surface area contributed by atoms with E-state index < -0.39 is 18.0 Å². The number of carbonyl (C=O) groups excluding carboxylic acids is 2. The third kappa shape index (κ3) is 4.83. The first-order valence-electron chi connectivity index (χ1n) is 8.68. The lowest BCUT2D eigenvalue weighted by molar-refractivity contribution is -0.152. The summed E-state index contributed by atoms with van der Waals surface area (Å²) in [5.74, 6) is 0.905. The lowest BCUT2D eigenvalue weighted by Gasteiger charge is -2.13. The largest absolute Gasteiger partial charge is 0.467 e. The molecular weight excluding hydrogens is 384 g/mol. The summed E-state index contributed by atoms with van der Waals surface area (Å²) in [5.41, 5.74) is 0. The first-order valence-corrected chi connectivity index (χ1v) is 9.66. The second kappa shape index (κ2) is 9.27. The van der Waals surface area contributed by atoms with Gasteiger partial charge in [0.05, 0.1) is 24.8 Å². The number of nitrogens with zero attached hydrogens (tertiary/aromatic N) is 3. The van der Waals surface area contributed by atoms with Crippen molar-refractivity contribution in [3.8, 4) is 11.6 Å². The molecule has 1 N–H and O–H groups in total. The van der Waals surface area contributed by atoms with Gasteiger partial charge in [-0.1, -0.05) is 11.8 Å². The fourth-order valence-corrected chi connectivity index (χ4v) is 3.19. The Hall–Kier alpha value is -3.01. The molecular formula is C18H20N4O5S. The quantitative estimate of drug-likeness (QED) is 0.428. The van der Waals surface area contributed by atoms with Crippen molar-refractivity contribution >= 4 is 23.6 Å². The van der Waals surface area contributed by atoms with Crippen molar-refractivity contribution in [2.75, 3.05) is 5.75 Å². The summed E-state index contributed by atoms with van der Waals surface area (Å²) >= 11 is 1.19. The number of rotatable bonds is 9. The van der Waals surface area contributed by atoms with E-state index in [-0.39, 0.29) is 12.3 Å². The number of aromatic nitrogens is 3. The Morgan fingerprint density at radius 3 is 2.71 bits per heavy atom. The molecule has 10 heteroatoms. The summed E-state index contributed by atoms with van der Waals surface area (Å²) in [6.45, 7) is 4.32. The zero-order valence-electron chi connectivity index (χ0n) is 15.5. The van der Waals surface area contributed by atoms with Gasteiger partial charge in [0, 0.05) is 6.54 Å². The zero-order valence-corrected chi connectivity index (χ0v) is 16.3. The van der Waals surface area contributed by atoms with Crippen LogP contribution in [0.1, 0.15) is 19.6 Å². The van der Waals surface area contributed by atoms with E-state index in [1.165, 1.54) is 24.9 Å². The molecule has 0 aliphatic carbocycles.